The van der Waals surface area contributed by atoms with E-state index in [1.165, 1.54) is 27.2 Å². The Labute approximate surface area is 125 Å². The Kier molecular flexibility index (Phi) is 6.11. The highest BCUT2D eigenvalue weighted by Crippen LogP contribution is 2.19. The molecule has 0 spiro atoms. The Balaban J connectivity index is 2.69. The standard InChI is InChI=1S/C14H25N3O4/c1-10(18)15-12(9-14(2,3)17(20)21)13(19)16-11-7-5-4-6-8-11/h11-12H,4-9H2,1-3H3,(H,15,18)(H,16,19)/t12-/m0/s1. The van der Waals surface area contributed by atoms with Crippen molar-refractivity contribution in [3.63, 3.8) is 0 Å². The van der Waals surface area contributed by atoms with Crippen LogP contribution in [0.25, 0.3) is 0 Å². The van der Waals surface area contributed by atoms with Gasteiger partial charge in [0.15, 0.2) is 0 Å². The van der Waals surface area contributed by atoms with Gasteiger partial charge in [0.25, 0.3) is 0 Å². The van der Waals surface area contributed by atoms with Gasteiger partial charge in [-0.2, -0.15) is 0 Å². The molecule has 0 unspecified atom stereocenters. The number of amides is 2. The molecule has 2 N–H and O–H groups in total. The van der Waals surface area contributed by atoms with Crippen molar-refractivity contribution in [2.24, 2.45) is 0 Å². The molecule has 21 heavy (non-hydrogen) atoms. The van der Waals surface area contributed by atoms with Gasteiger partial charge in [0.05, 0.1) is 0 Å². The molecule has 0 radical (unpaired) electrons. The third-order valence-corrected chi connectivity index (χ3v) is 3.84. The van der Waals surface area contributed by atoms with Crippen LogP contribution in [0.2, 0.25) is 0 Å². The van der Waals surface area contributed by atoms with Gasteiger partial charge >= 0.3 is 0 Å². The summed E-state index contributed by atoms with van der Waals surface area (Å²) in [5.41, 5.74) is -1.27. The summed E-state index contributed by atoms with van der Waals surface area (Å²) < 4.78 is 0. The molecule has 1 aliphatic carbocycles. The second-order valence-corrected chi connectivity index (χ2v) is 6.37. The van der Waals surface area contributed by atoms with Gasteiger partial charge in [0.1, 0.15) is 6.04 Å². The van der Waals surface area contributed by atoms with E-state index in [1.807, 2.05) is 0 Å². The molecule has 1 fully saturated rings. The van der Waals surface area contributed by atoms with Crippen molar-refractivity contribution in [3.8, 4) is 0 Å². The number of carbonyl (C=O) groups excluding carboxylic acids is 2. The highest BCUT2D eigenvalue weighted by Gasteiger charge is 2.37. The molecule has 2 amide bonds. The lowest BCUT2D eigenvalue weighted by atomic mass is 9.93. The van der Waals surface area contributed by atoms with Crippen molar-refractivity contribution in [1.82, 2.24) is 10.6 Å². The van der Waals surface area contributed by atoms with Gasteiger partial charge in [-0.25, -0.2) is 0 Å². The van der Waals surface area contributed by atoms with Crippen molar-refractivity contribution in [2.45, 2.75) is 76.9 Å². The Hall–Kier alpha value is -1.66. The van der Waals surface area contributed by atoms with E-state index in [-0.39, 0.29) is 24.3 Å². The van der Waals surface area contributed by atoms with Crippen LogP contribution in [0.4, 0.5) is 0 Å². The normalized spacial score (nSPS) is 17.9. The van der Waals surface area contributed by atoms with Gasteiger partial charge in [0.2, 0.25) is 17.4 Å². The lowest BCUT2D eigenvalue weighted by molar-refractivity contribution is -0.561. The Bertz CT molecular complexity index is 403. The van der Waals surface area contributed by atoms with Crippen LogP contribution in [0.3, 0.4) is 0 Å². The van der Waals surface area contributed by atoms with E-state index in [0.29, 0.717) is 0 Å². The van der Waals surface area contributed by atoms with E-state index >= 15 is 0 Å². The molecule has 0 heterocycles. The van der Waals surface area contributed by atoms with Crippen LogP contribution >= 0.6 is 0 Å². The van der Waals surface area contributed by atoms with Crippen LogP contribution in [0.1, 0.15) is 59.3 Å². The van der Waals surface area contributed by atoms with E-state index in [4.69, 9.17) is 0 Å². The van der Waals surface area contributed by atoms with Crippen molar-refractivity contribution < 1.29 is 14.5 Å². The third kappa shape index (κ3) is 5.69. The maximum Gasteiger partial charge on any atom is 0.243 e. The molecular weight excluding hydrogens is 274 g/mol. The number of carbonyl (C=O) groups is 2. The first-order valence-electron chi connectivity index (χ1n) is 7.44. The van der Waals surface area contributed by atoms with Crippen LogP contribution in [0.15, 0.2) is 0 Å². The number of nitrogens with zero attached hydrogens (tertiary/aromatic N) is 1. The summed E-state index contributed by atoms with van der Waals surface area (Å²) in [6, 6.07) is -0.758. The van der Waals surface area contributed by atoms with Crippen LogP contribution in [0.5, 0.6) is 0 Å². The lowest BCUT2D eigenvalue weighted by Gasteiger charge is -2.27. The summed E-state index contributed by atoms with van der Waals surface area (Å²) in [7, 11) is 0. The Morgan fingerprint density at radius 2 is 1.86 bits per heavy atom. The van der Waals surface area contributed by atoms with Crippen molar-refractivity contribution >= 4 is 11.8 Å². The minimum atomic E-state index is -1.27. The molecule has 7 heteroatoms. The van der Waals surface area contributed by atoms with Crippen molar-refractivity contribution in [1.29, 1.82) is 0 Å². The molecule has 7 nitrogen and oxygen atoms in total. The second kappa shape index (κ2) is 7.38. The summed E-state index contributed by atoms with van der Waals surface area (Å²) in [5.74, 6) is -0.690. The fourth-order valence-corrected chi connectivity index (χ4v) is 2.58. The second-order valence-electron chi connectivity index (χ2n) is 6.37. The first-order valence-corrected chi connectivity index (χ1v) is 7.44. The van der Waals surface area contributed by atoms with E-state index in [0.717, 1.165) is 25.7 Å². The first kappa shape index (κ1) is 17.4. The van der Waals surface area contributed by atoms with Gasteiger partial charge in [-0.05, 0) is 12.8 Å². The van der Waals surface area contributed by atoms with Crippen LogP contribution in [0, 0.1) is 10.1 Å². The molecule has 0 aromatic carbocycles. The number of hydrogen-bond donors (Lipinski definition) is 2. The van der Waals surface area contributed by atoms with Gasteiger partial charge in [-0.1, -0.05) is 19.3 Å². The molecule has 1 atom stereocenters. The monoisotopic (exact) mass is 299 g/mol. The maximum absolute atomic E-state index is 12.3. The van der Waals surface area contributed by atoms with Gasteiger partial charge in [-0.15, -0.1) is 0 Å². The van der Waals surface area contributed by atoms with E-state index in [9.17, 15) is 19.7 Å². The SMILES string of the molecule is CC(=O)N[C@@H](CC(C)(C)[N+](=O)[O-])C(=O)NC1CCCCC1. The third-order valence-electron chi connectivity index (χ3n) is 3.84. The summed E-state index contributed by atoms with van der Waals surface area (Å²) in [6.07, 6.45) is 5.16. The molecule has 1 saturated carbocycles. The fourth-order valence-electron chi connectivity index (χ4n) is 2.58. The molecule has 0 aromatic rings. The molecule has 1 aliphatic rings. The zero-order chi connectivity index (χ0) is 16.0. The van der Waals surface area contributed by atoms with Gasteiger partial charge < -0.3 is 10.6 Å². The van der Waals surface area contributed by atoms with E-state index in [1.54, 1.807) is 0 Å². The van der Waals surface area contributed by atoms with Gasteiger partial charge in [0, 0.05) is 38.2 Å². The van der Waals surface area contributed by atoms with E-state index in [2.05, 4.69) is 10.6 Å². The van der Waals surface area contributed by atoms with Crippen molar-refractivity contribution in [3.05, 3.63) is 10.1 Å². The Morgan fingerprint density at radius 1 is 1.29 bits per heavy atom. The average Bonchev–Trinajstić information content (AvgIpc) is 2.38. The zero-order valence-electron chi connectivity index (χ0n) is 13.0. The summed E-state index contributed by atoms with van der Waals surface area (Å²) >= 11 is 0. The van der Waals surface area contributed by atoms with Crippen LogP contribution in [-0.2, 0) is 9.59 Å². The van der Waals surface area contributed by atoms with Crippen LogP contribution in [-0.4, -0.2) is 34.4 Å². The maximum atomic E-state index is 12.3. The minimum Gasteiger partial charge on any atom is -0.352 e. The summed E-state index contributed by atoms with van der Waals surface area (Å²) in [5, 5.41) is 16.5. The highest BCUT2D eigenvalue weighted by molar-refractivity contribution is 5.87. The zero-order valence-corrected chi connectivity index (χ0v) is 13.0. The molecule has 0 aliphatic heterocycles. The van der Waals surface area contributed by atoms with Gasteiger partial charge in [-0.3, -0.25) is 19.7 Å². The minimum absolute atomic E-state index is 0.0296. The quantitative estimate of drug-likeness (QED) is 0.571. The molecule has 1 rings (SSSR count). The largest absolute Gasteiger partial charge is 0.352 e. The molecule has 0 saturated heterocycles. The molecule has 120 valence electrons. The average molecular weight is 299 g/mol. The number of nitrogens with one attached hydrogen (secondary N) is 2. The van der Waals surface area contributed by atoms with E-state index < -0.39 is 16.5 Å². The van der Waals surface area contributed by atoms with Crippen LogP contribution < -0.4 is 10.6 Å². The smallest absolute Gasteiger partial charge is 0.243 e. The predicted molar refractivity (Wildman–Crippen MR) is 78.3 cm³/mol. The first-order chi connectivity index (χ1) is 9.72. The highest BCUT2D eigenvalue weighted by atomic mass is 16.6. The van der Waals surface area contributed by atoms with Crippen molar-refractivity contribution in [2.75, 3.05) is 0 Å². The fraction of sp³-hybridized carbons (Fsp3) is 0.857. The predicted octanol–water partition coefficient (Wildman–Crippen LogP) is 1.39. The Morgan fingerprint density at radius 3 is 2.33 bits per heavy atom. The summed E-state index contributed by atoms with van der Waals surface area (Å²) in [4.78, 5) is 34.1. The molecule has 0 aromatic heterocycles. The molecule has 0 bridgehead atoms. The number of hydrogen-bond acceptors (Lipinski definition) is 4. The molecular formula is C14H25N3O4. The lowest BCUT2D eigenvalue weighted by Crippen LogP contribution is -2.53. The number of nitro groups is 1. The summed E-state index contributed by atoms with van der Waals surface area (Å²) in [6.45, 7) is 4.21. The number of rotatable bonds is 6. The topological polar surface area (TPSA) is 101 Å².